The van der Waals surface area contributed by atoms with Crippen molar-refractivity contribution in [2.45, 2.75) is 31.9 Å². The van der Waals surface area contributed by atoms with Crippen molar-refractivity contribution in [1.29, 1.82) is 0 Å². The molecule has 1 aliphatic rings. The molecule has 0 bridgehead atoms. The van der Waals surface area contributed by atoms with Crippen LogP contribution in [0.15, 0.2) is 46.1 Å². The van der Waals surface area contributed by atoms with Gasteiger partial charge in [-0.3, -0.25) is 14.6 Å². The largest absolute Gasteiger partial charge is 0.376 e. The number of nitrogens with one attached hydrogen (secondary N) is 2. The summed E-state index contributed by atoms with van der Waals surface area (Å²) in [6.45, 7) is 1.67. The smallest absolute Gasteiger partial charge is 0.325 e. The Hall–Kier alpha value is -2.67. The molecule has 1 aliphatic heterocycles. The first kappa shape index (κ1) is 17.2. The Morgan fingerprint density at radius 2 is 2.04 bits per heavy atom. The molecule has 1 fully saturated rings. The van der Waals surface area contributed by atoms with Crippen molar-refractivity contribution in [3.63, 3.8) is 0 Å². The molecule has 2 N–H and O–H groups in total. The summed E-state index contributed by atoms with van der Waals surface area (Å²) in [5.74, 6) is -0.170. The third-order valence-corrected chi connectivity index (χ3v) is 4.25. The number of carbonyl (C=O) groups is 1. The van der Waals surface area contributed by atoms with Crippen LogP contribution in [0.5, 0.6) is 0 Å². The van der Waals surface area contributed by atoms with Crippen LogP contribution in [0.25, 0.3) is 0 Å². The number of hydrogen-bond acceptors (Lipinski definition) is 4. The van der Waals surface area contributed by atoms with Gasteiger partial charge in [0.1, 0.15) is 0 Å². The molecule has 0 spiro atoms. The minimum absolute atomic E-state index is 0.0292. The van der Waals surface area contributed by atoms with Crippen LogP contribution in [-0.4, -0.2) is 40.0 Å². The highest BCUT2D eigenvalue weighted by molar-refractivity contribution is 5.78. The molecule has 0 saturated carbocycles. The van der Waals surface area contributed by atoms with Crippen molar-refractivity contribution in [2.75, 3.05) is 13.2 Å². The van der Waals surface area contributed by atoms with Gasteiger partial charge in [0.15, 0.2) is 0 Å². The molecule has 25 heavy (non-hydrogen) atoms. The highest BCUT2D eigenvalue weighted by atomic mass is 16.5. The van der Waals surface area contributed by atoms with Gasteiger partial charge in [-0.2, -0.15) is 0 Å². The molecule has 1 aromatic heterocycles. The first-order chi connectivity index (χ1) is 12.1. The molecule has 132 valence electrons. The number of nitrogens with zero attached hydrogens (tertiary/aromatic N) is 1. The molecule has 1 amide bonds. The molecule has 0 radical (unpaired) electrons. The summed E-state index contributed by atoms with van der Waals surface area (Å²) in [6, 6.07) is 9.70. The third kappa shape index (κ3) is 4.67. The van der Waals surface area contributed by atoms with E-state index in [0.717, 1.165) is 25.0 Å². The molecular formula is C18H21N3O4. The zero-order chi connectivity index (χ0) is 17.6. The fourth-order valence-electron chi connectivity index (χ4n) is 2.94. The van der Waals surface area contributed by atoms with Crippen molar-refractivity contribution in [3.05, 3.63) is 68.5 Å². The maximum atomic E-state index is 12.8. The normalized spacial score (nSPS) is 16.7. The zero-order valence-electron chi connectivity index (χ0n) is 13.9. The molecule has 2 aromatic rings. The summed E-state index contributed by atoms with van der Waals surface area (Å²) >= 11 is 0. The number of benzene rings is 1. The Bertz CT molecular complexity index is 822. The number of hydrogen-bond donors (Lipinski definition) is 2. The van der Waals surface area contributed by atoms with E-state index in [1.165, 1.54) is 6.20 Å². The molecular weight excluding hydrogens is 322 g/mol. The highest BCUT2D eigenvalue weighted by Crippen LogP contribution is 2.16. The minimum atomic E-state index is -0.582. The quantitative estimate of drug-likeness (QED) is 0.811. The van der Waals surface area contributed by atoms with Crippen molar-refractivity contribution in [3.8, 4) is 0 Å². The maximum Gasteiger partial charge on any atom is 0.325 e. The molecule has 1 saturated heterocycles. The Kier molecular flexibility index (Phi) is 5.45. The molecule has 1 aromatic carbocycles. The van der Waals surface area contributed by atoms with Crippen LogP contribution in [0.2, 0.25) is 0 Å². The predicted molar refractivity (Wildman–Crippen MR) is 92.2 cm³/mol. The average molecular weight is 343 g/mol. The van der Waals surface area contributed by atoms with Crippen LogP contribution in [0.3, 0.4) is 0 Å². The van der Waals surface area contributed by atoms with E-state index in [1.807, 2.05) is 30.3 Å². The van der Waals surface area contributed by atoms with Gasteiger partial charge in [0.05, 0.1) is 12.5 Å². The Balaban J connectivity index is 1.75. The Morgan fingerprint density at radius 1 is 1.24 bits per heavy atom. The van der Waals surface area contributed by atoms with Crippen LogP contribution in [0.1, 0.15) is 24.0 Å². The molecule has 3 rings (SSSR count). The van der Waals surface area contributed by atoms with Gasteiger partial charge in [0.25, 0.3) is 5.56 Å². The lowest BCUT2D eigenvalue weighted by atomic mass is 10.1. The molecule has 1 atom stereocenters. The number of aromatic amines is 2. The van der Waals surface area contributed by atoms with E-state index in [4.69, 9.17) is 4.74 Å². The van der Waals surface area contributed by atoms with Crippen molar-refractivity contribution >= 4 is 5.91 Å². The summed E-state index contributed by atoms with van der Waals surface area (Å²) in [7, 11) is 0. The van der Waals surface area contributed by atoms with Gasteiger partial charge < -0.3 is 14.6 Å². The van der Waals surface area contributed by atoms with Gasteiger partial charge in [-0.1, -0.05) is 30.3 Å². The van der Waals surface area contributed by atoms with E-state index in [0.29, 0.717) is 13.1 Å². The number of carbonyl (C=O) groups excluding carboxylic acids is 1. The van der Waals surface area contributed by atoms with Gasteiger partial charge >= 0.3 is 5.69 Å². The number of amides is 1. The molecule has 7 heteroatoms. The second kappa shape index (κ2) is 7.94. The zero-order valence-corrected chi connectivity index (χ0v) is 13.9. The first-order valence-corrected chi connectivity index (χ1v) is 8.36. The average Bonchev–Trinajstić information content (AvgIpc) is 3.11. The van der Waals surface area contributed by atoms with Gasteiger partial charge in [0.2, 0.25) is 5.91 Å². The standard InChI is InChI=1S/C18H21N3O4/c22-16(9-14-10-19-18(24)20-17(14)23)21(12-15-7-4-8-25-15)11-13-5-2-1-3-6-13/h1-3,5-6,10,15H,4,7-9,11-12H2,(H2,19,20,23,24). The van der Waals surface area contributed by atoms with Crippen LogP contribution in [0.4, 0.5) is 0 Å². The lowest BCUT2D eigenvalue weighted by molar-refractivity contribution is -0.132. The van der Waals surface area contributed by atoms with Gasteiger partial charge in [-0.15, -0.1) is 0 Å². The number of H-pyrrole nitrogens is 2. The number of rotatable bonds is 6. The predicted octanol–water partition coefficient (Wildman–Crippen LogP) is 0.813. The summed E-state index contributed by atoms with van der Waals surface area (Å²) in [5.41, 5.74) is 0.148. The minimum Gasteiger partial charge on any atom is -0.376 e. The van der Waals surface area contributed by atoms with Crippen molar-refractivity contribution in [2.24, 2.45) is 0 Å². The van der Waals surface area contributed by atoms with Crippen LogP contribution < -0.4 is 11.2 Å². The Labute approximate surface area is 144 Å². The van der Waals surface area contributed by atoms with E-state index in [2.05, 4.69) is 9.97 Å². The van der Waals surface area contributed by atoms with E-state index in [-0.39, 0.29) is 24.0 Å². The SMILES string of the molecule is O=C(Cc1c[nH]c(=O)[nH]c1=O)N(Cc1ccccc1)CC1CCCO1. The monoisotopic (exact) mass is 343 g/mol. The van der Waals surface area contributed by atoms with E-state index in [9.17, 15) is 14.4 Å². The van der Waals surface area contributed by atoms with Crippen molar-refractivity contribution in [1.82, 2.24) is 14.9 Å². The lowest BCUT2D eigenvalue weighted by Gasteiger charge is -2.25. The molecule has 7 nitrogen and oxygen atoms in total. The topological polar surface area (TPSA) is 95.3 Å². The second-order valence-corrected chi connectivity index (χ2v) is 6.17. The van der Waals surface area contributed by atoms with Gasteiger partial charge in [-0.25, -0.2) is 4.79 Å². The summed E-state index contributed by atoms with van der Waals surface area (Å²) in [5, 5.41) is 0. The first-order valence-electron chi connectivity index (χ1n) is 8.36. The molecule has 0 aliphatic carbocycles. The number of aromatic nitrogens is 2. The number of ether oxygens (including phenoxy) is 1. The summed E-state index contributed by atoms with van der Waals surface area (Å²) in [4.78, 5) is 42.0. The third-order valence-electron chi connectivity index (χ3n) is 4.25. The van der Waals surface area contributed by atoms with Gasteiger partial charge in [0, 0.05) is 31.5 Å². The molecule has 1 unspecified atom stereocenters. The van der Waals surface area contributed by atoms with E-state index < -0.39 is 11.2 Å². The molecule has 2 heterocycles. The van der Waals surface area contributed by atoms with E-state index in [1.54, 1.807) is 4.90 Å². The Morgan fingerprint density at radius 3 is 2.72 bits per heavy atom. The van der Waals surface area contributed by atoms with Gasteiger partial charge in [-0.05, 0) is 18.4 Å². The van der Waals surface area contributed by atoms with E-state index >= 15 is 0 Å². The van der Waals surface area contributed by atoms with Crippen molar-refractivity contribution < 1.29 is 9.53 Å². The fraction of sp³-hybridized carbons (Fsp3) is 0.389. The van der Waals surface area contributed by atoms with Crippen LogP contribution >= 0.6 is 0 Å². The van der Waals surface area contributed by atoms with Crippen LogP contribution in [0, 0.1) is 0 Å². The van der Waals surface area contributed by atoms with Crippen LogP contribution in [-0.2, 0) is 22.5 Å². The maximum absolute atomic E-state index is 12.8. The highest BCUT2D eigenvalue weighted by Gasteiger charge is 2.23. The lowest BCUT2D eigenvalue weighted by Crippen LogP contribution is -2.39. The summed E-state index contributed by atoms with van der Waals surface area (Å²) in [6.07, 6.45) is 3.19. The summed E-state index contributed by atoms with van der Waals surface area (Å²) < 4.78 is 5.65. The second-order valence-electron chi connectivity index (χ2n) is 6.17. The fourth-order valence-corrected chi connectivity index (χ4v) is 2.94.